The van der Waals surface area contributed by atoms with E-state index in [1.54, 1.807) is 23.1 Å². The van der Waals surface area contributed by atoms with Crippen LogP contribution in [0.4, 0.5) is 0 Å². The highest BCUT2D eigenvalue weighted by Gasteiger charge is 2.07. The zero-order valence-electron chi connectivity index (χ0n) is 12.1. The van der Waals surface area contributed by atoms with Gasteiger partial charge in [0.15, 0.2) is 0 Å². The van der Waals surface area contributed by atoms with Crippen molar-refractivity contribution in [3.05, 3.63) is 29.8 Å². The normalized spacial score (nSPS) is 9.95. The maximum atomic E-state index is 10.5. The first-order valence-electron chi connectivity index (χ1n) is 6.51. The van der Waals surface area contributed by atoms with Crippen molar-refractivity contribution in [1.82, 2.24) is 4.90 Å². The maximum absolute atomic E-state index is 10.5. The first-order valence-corrected chi connectivity index (χ1v) is 6.51. The Kier molecular flexibility index (Phi) is 11.1. The molecule has 0 saturated heterocycles. The number of methoxy groups -OCH3 is 1. The molecule has 0 saturated carbocycles. The number of aliphatic hydroxyl groups excluding tert-OH is 3. The van der Waals surface area contributed by atoms with Gasteiger partial charge in [0, 0.05) is 19.6 Å². The lowest BCUT2D eigenvalue weighted by molar-refractivity contribution is 0.0693. The van der Waals surface area contributed by atoms with Crippen molar-refractivity contribution in [2.45, 2.75) is 0 Å². The summed E-state index contributed by atoms with van der Waals surface area (Å²) >= 11 is 0. The Morgan fingerprint density at radius 2 is 1.52 bits per heavy atom. The Labute approximate surface area is 124 Å². The van der Waals surface area contributed by atoms with Crippen molar-refractivity contribution in [3.63, 3.8) is 0 Å². The Bertz CT molecular complexity index is 385. The molecule has 0 spiro atoms. The van der Waals surface area contributed by atoms with Gasteiger partial charge in [-0.3, -0.25) is 4.90 Å². The molecule has 0 amide bonds. The van der Waals surface area contributed by atoms with Gasteiger partial charge >= 0.3 is 5.97 Å². The molecule has 0 aliphatic carbocycles. The van der Waals surface area contributed by atoms with E-state index < -0.39 is 5.97 Å². The average molecular weight is 301 g/mol. The molecule has 1 aromatic rings. The molecule has 0 aromatic heterocycles. The number of aromatic carboxylic acids is 1. The van der Waals surface area contributed by atoms with E-state index in [1.165, 1.54) is 13.2 Å². The van der Waals surface area contributed by atoms with Crippen molar-refractivity contribution >= 4 is 5.97 Å². The van der Waals surface area contributed by atoms with Crippen LogP contribution in [0, 0.1) is 0 Å². The molecule has 7 nitrogen and oxygen atoms in total. The lowest BCUT2D eigenvalue weighted by atomic mass is 10.2. The zero-order valence-corrected chi connectivity index (χ0v) is 12.1. The third-order valence-corrected chi connectivity index (χ3v) is 2.59. The van der Waals surface area contributed by atoms with Crippen LogP contribution in [-0.2, 0) is 0 Å². The highest BCUT2D eigenvalue weighted by molar-refractivity contribution is 5.90. The monoisotopic (exact) mass is 301 g/mol. The second-order valence-electron chi connectivity index (χ2n) is 4.02. The summed E-state index contributed by atoms with van der Waals surface area (Å²) in [4.78, 5) is 12.3. The van der Waals surface area contributed by atoms with Gasteiger partial charge in [0.1, 0.15) is 11.3 Å². The molecule has 0 bridgehead atoms. The number of benzene rings is 1. The fourth-order valence-corrected chi connectivity index (χ4v) is 1.58. The summed E-state index contributed by atoms with van der Waals surface area (Å²) in [6.45, 7) is 1.75. The third-order valence-electron chi connectivity index (χ3n) is 2.59. The number of hydrogen-bond donors (Lipinski definition) is 4. The number of hydrogen-bond acceptors (Lipinski definition) is 6. The molecule has 0 radical (unpaired) electrons. The van der Waals surface area contributed by atoms with Crippen molar-refractivity contribution in [2.75, 3.05) is 46.6 Å². The van der Waals surface area contributed by atoms with E-state index in [9.17, 15) is 4.79 Å². The fraction of sp³-hybridized carbons (Fsp3) is 0.500. The van der Waals surface area contributed by atoms with Crippen molar-refractivity contribution in [1.29, 1.82) is 0 Å². The second-order valence-corrected chi connectivity index (χ2v) is 4.02. The summed E-state index contributed by atoms with van der Waals surface area (Å²) in [6, 6.07) is 6.50. The number of carboxylic acids is 1. The number of ether oxygens (including phenoxy) is 1. The zero-order chi connectivity index (χ0) is 16.1. The third kappa shape index (κ3) is 8.26. The molecule has 7 heteroatoms. The van der Waals surface area contributed by atoms with Crippen molar-refractivity contribution in [2.24, 2.45) is 0 Å². The lowest BCUT2D eigenvalue weighted by Gasteiger charge is -2.17. The van der Waals surface area contributed by atoms with Crippen LogP contribution in [0.25, 0.3) is 0 Å². The summed E-state index contributed by atoms with van der Waals surface area (Å²) in [5.41, 5.74) is 0.190. The minimum atomic E-state index is -0.970. The van der Waals surface area contributed by atoms with Crippen molar-refractivity contribution < 1.29 is 30.0 Å². The van der Waals surface area contributed by atoms with Crippen LogP contribution in [0.2, 0.25) is 0 Å². The van der Waals surface area contributed by atoms with Gasteiger partial charge in [-0.25, -0.2) is 4.79 Å². The van der Waals surface area contributed by atoms with Gasteiger partial charge in [-0.05, 0) is 12.1 Å². The molecule has 120 valence electrons. The molecule has 1 aromatic carbocycles. The van der Waals surface area contributed by atoms with E-state index in [4.69, 9.17) is 25.2 Å². The van der Waals surface area contributed by atoms with Crippen LogP contribution in [0.5, 0.6) is 5.75 Å². The Hall–Kier alpha value is -1.67. The molecule has 0 heterocycles. The van der Waals surface area contributed by atoms with Gasteiger partial charge < -0.3 is 25.2 Å². The van der Waals surface area contributed by atoms with Crippen LogP contribution in [0.1, 0.15) is 10.4 Å². The first-order chi connectivity index (χ1) is 10.1. The number of para-hydroxylation sites is 1. The highest BCUT2D eigenvalue weighted by Crippen LogP contribution is 2.16. The number of carbonyl (C=O) groups is 1. The summed E-state index contributed by atoms with van der Waals surface area (Å²) in [5.74, 6) is -0.581. The van der Waals surface area contributed by atoms with Crippen LogP contribution < -0.4 is 4.74 Å². The van der Waals surface area contributed by atoms with Crippen LogP contribution in [0.15, 0.2) is 24.3 Å². The SMILES string of the molecule is COc1ccccc1C(=O)O.OCCN(CCO)CCO. The smallest absolute Gasteiger partial charge is 0.339 e. The molecule has 4 N–H and O–H groups in total. The van der Waals surface area contributed by atoms with E-state index >= 15 is 0 Å². The second kappa shape index (κ2) is 12.1. The molecule has 0 aliphatic heterocycles. The fourth-order valence-electron chi connectivity index (χ4n) is 1.58. The molecule has 0 fully saturated rings. The molecule has 0 atom stereocenters. The van der Waals surface area contributed by atoms with E-state index in [2.05, 4.69) is 0 Å². The summed E-state index contributed by atoms with van der Waals surface area (Å²) in [7, 11) is 1.45. The minimum Gasteiger partial charge on any atom is -0.496 e. The Morgan fingerprint density at radius 1 is 1.05 bits per heavy atom. The summed E-state index contributed by atoms with van der Waals surface area (Å²) in [6.07, 6.45) is 0. The number of aliphatic hydroxyl groups is 3. The summed E-state index contributed by atoms with van der Waals surface area (Å²) < 4.78 is 4.83. The Morgan fingerprint density at radius 3 is 1.86 bits per heavy atom. The van der Waals surface area contributed by atoms with E-state index in [1.807, 2.05) is 0 Å². The Balaban J connectivity index is 0.000000384. The van der Waals surface area contributed by atoms with E-state index in [0.29, 0.717) is 25.4 Å². The van der Waals surface area contributed by atoms with Gasteiger partial charge in [-0.1, -0.05) is 12.1 Å². The quantitative estimate of drug-likeness (QED) is 0.520. The van der Waals surface area contributed by atoms with E-state index in [0.717, 1.165) is 0 Å². The van der Waals surface area contributed by atoms with Crippen LogP contribution >= 0.6 is 0 Å². The lowest BCUT2D eigenvalue weighted by Crippen LogP contribution is -2.32. The van der Waals surface area contributed by atoms with Gasteiger partial charge in [0.05, 0.1) is 26.9 Å². The van der Waals surface area contributed by atoms with Gasteiger partial charge in [0.2, 0.25) is 0 Å². The molecule has 0 unspecified atom stereocenters. The molecule has 21 heavy (non-hydrogen) atoms. The van der Waals surface area contributed by atoms with Gasteiger partial charge in [-0.2, -0.15) is 0 Å². The largest absolute Gasteiger partial charge is 0.496 e. The first kappa shape index (κ1) is 19.3. The predicted molar refractivity (Wildman–Crippen MR) is 77.7 cm³/mol. The molecular formula is C14H23NO6. The predicted octanol–water partition coefficient (Wildman–Crippen LogP) is -0.341. The van der Waals surface area contributed by atoms with Gasteiger partial charge in [0.25, 0.3) is 0 Å². The maximum Gasteiger partial charge on any atom is 0.339 e. The van der Waals surface area contributed by atoms with Crippen molar-refractivity contribution in [3.8, 4) is 5.75 Å². The molecular weight excluding hydrogens is 278 g/mol. The average Bonchev–Trinajstić information content (AvgIpc) is 2.48. The number of carboxylic acid groups (broad SMARTS) is 1. The molecule has 1 rings (SSSR count). The van der Waals surface area contributed by atoms with Crippen LogP contribution in [-0.4, -0.2) is 77.9 Å². The number of nitrogens with zero attached hydrogens (tertiary/aromatic N) is 1. The number of rotatable bonds is 8. The standard InChI is InChI=1S/C8H8O3.C6H15NO3/c1-11-7-5-3-2-4-6(7)8(9)10;8-4-1-7(2-5-9)3-6-10/h2-5H,1H3,(H,9,10);8-10H,1-6H2. The highest BCUT2D eigenvalue weighted by atomic mass is 16.5. The van der Waals surface area contributed by atoms with Gasteiger partial charge in [-0.15, -0.1) is 0 Å². The summed E-state index contributed by atoms with van der Waals surface area (Å²) in [5, 5.41) is 34.1. The van der Waals surface area contributed by atoms with E-state index in [-0.39, 0.29) is 25.4 Å². The topological polar surface area (TPSA) is 110 Å². The minimum absolute atomic E-state index is 0.0694. The van der Waals surface area contributed by atoms with Crippen LogP contribution in [0.3, 0.4) is 0 Å². The molecule has 0 aliphatic rings.